The normalized spacial score (nSPS) is 10.2. The van der Waals surface area contributed by atoms with Gasteiger partial charge < -0.3 is 5.11 Å². The monoisotopic (exact) mass is 178 g/mol. The number of fused-ring (bicyclic) bond motifs is 1. The third-order valence-corrected chi connectivity index (χ3v) is 1.52. The molecule has 2 aromatic heterocycles. The second kappa shape index (κ2) is 2.74. The summed E-state index contributed by atoms with van der Waals surface area (Å²) in [4.78, 5) is 14.3. The lowest BCUT2D eigenvalue weighted by Crippen LogP contribution is -2.07. The van der Waals surface area contributed by atoms with Crippen molar-refractivity contribution in [3.63, 3.8) is 0 Å². The van der Waals surface area contributed by atoms with Crippen molar-refractivity contribution in [1.29, 1.82) is 0 Å². The number of hydrogen-bond acceptors (Lipinski definition) is 3. The fraction of sp³-hybridized carbons (Fsp3) is 0. The van der Waals surface area contributed by atoms with Crippen LogP contribution < -0.4 is 5.32 Å². The van der Waals surface area contributed by atoms with Crippen molar-refractivity contribution in [2.24, 2.45) is 0 Å². The zero-order chi connectivity index (χ0) is 9.26. The Morgan fingerprint density at radius 1 is 1.62 bits per heavy atom. The van der Waals surface area contributed by atoms with E-state index in [0.717, 1.165) is 0 Å². The Kier molecular flexibility index (Phi) is 1.59. The van der Waals surface area contributed by atoms with Crippen LogP contribution >= 0.6 is 0 Å². The maximum Gasteiger partial charge on any atom is 0.409 e. The Balaban J connectivity index is 2.51. The van der Waals surface area contributed by atoms with E-state index in [0.29, 0.717) is 11.3 Å². The highest BCUT2D eigenvalue weighted by Gasteiger charge is 2.05. The summed E-state index contributed by atoms with van der Waals surface area (Å²) >= 11 is 0. The topological polar surface area (TPSA) is 79.5 Å². The first kappa shape index (κ1) is 7.53. The van der Waals surface area contributed by atoms with E-state index in [1.807, 2.05) is 0 Å². The van der Waals surface area contributed by atoms with Crippen molar-refractivity contribution < 1.29 is 9.90 Å². The van der Waals surface area contributed by atoms with Gasteiger partial charge in [-0.25, -0.2) is 14.3 Å². The van der Waals surface area contributed by atoms with Crippen molar-refractivity contribution >= 4 is 17.4 Å². The quantitative estimate of drug-likeness (QED) is 0.677. The van der Waals surface area contributed by atoms with E-state index in [2.05, 4.69) is 15.4 Å². The molecular formula is C7H6N4O2. The van der Waals surface area contributed by atoms with Gasteiger partial charge in [-0.05, 0) is 6.07 Å². The number of nitrogens with zero attached hydrogens (tertiary/aromatic N) is 3. The molecule has 0 spiro atoms. The Hall–Kier alpha value is -2.11. The molecule has 2 rings (SSSR count). The van der Waals surface area contributed by atoms with E-state index in [1.165, 1.54) is 10.7 Å². The van der Waals surface area contributed by atoms with Crippen molar-refractivity contribution in [1.82, 2.24) is 14.6 Å². The predicted molar refractivity (Wildman–Crippen MR) is 44.6 cm³/mol. The van der Waals surface area contributed by atoms with Crippen LogP contribution in [0.2, 0.25) is 0 Å². The molecule has 0 saturated heterocycles. The van der Waals surface area contributed by atoms with Crippen LogP contribution in [0.15, 0.2) is 24.7 Å². The van der Waals surface area contributed by atoms with E-state index >= 15 is 0 Å². The Bertz CT molecular complexity index is 450. The minimum Gasteiger partial charge on any atom is -0.465 e. The first-order valence-corrected chi connectivity index (χ1v) is 3.55. The molecule has 6 heteroatoms. The summed E-state index contributed by atoms with van der Waals surface area (Å²) in [6.07, 6.45) is 3.55. The lowest BCUT2D eigenvalue weighted by Gasteiger charge is -1.95. The number of aromatic nitrogens is 3. The summed E-state index contributed by atoms with van der Waals surface area (Å²) in [5.41, 5.74) is 0.873. The van der Waals surface area contributed by atoms with Gasteiger partial charge in [0.25, 0.3) is 0 Å². The van der Waals surface area contributed by atoms with Gasteiger partial charge in [-0.3, -0.25) is 5.32 Å². The number of amides is 1. The van der Waals surface area contributed by atoms with Crippen LogP contribution in [0.1, 0.15) is 0 Å². The lowest BCUT2D eigenvalue weighted by atomic mass is 10.5. The lowest BCUT2D eigenvalue weighted by molar-refractivity contribution is 0.210. The molecule has 0 aliphatic rings. The minimum absolute atomic E-state index is 0.383. The highest BCUT2D eigenvalue weighted by Crippen LogP contribution is 2.12. The zero-order valence-corrected chi connectivity index (χ0v) is 6.51. The second-order valence-electron chi connectivity index (χ2n) is 2.38. The molecule has 0 bridgehead atoms. The van der Waals surface area contributed by atoms with E-state index in [9.17, 15) is 4.79 Å². The van der Waals surface area contributed by atoms with Crippen LogP contribution in [0.5, 0.6) is 0 Å². The molecule has 13 heavy (non-hydrogen) atoms. The van der Waals surface area contributed by atoms with Gasteiger partial charge in [-0.1, -0.05) is 0 Å². The summed E-state index contributed by atoms with van der Waals surface area (Å²) in [6, 6.07) is 1.71. The molecule has 2 N–H and O–H groups in total. The molecule has 6 nitrogen and oxygen atoms in total. The van der Waals surface area contributed by atoms with Gasteiger partial charge in [0.2, 0.25) is 0 Å². The number of carbonyl (C=O) groups is 1. The highest BCUT2D eigenvalue weighted by molar-refractivity contribution is 5.87. The number of rotatable bonds is 1. The van der Waals surface area contributed by atoms with Crippen LogP contribution in [0.4, 0.5) is 10.5 Å². The molecular weight excluding hydrogens is 172 g/mol. The molecule has 0 radical (unpaired) electrons. The molecule has 2 aromatic rings. The van der Waals surface area contributed by atoms with Crippen LogP contribution in [0.3, 0.4) is 0 Å². The Morgan fingerprint density at radius 2 is 2.46 bits per heavy atom. The van der Waals surface area contributed by atoms with E-state index in [1.54, 1.807) is 18.5 Å². The van der Waals surface area contributed by atoms with Gasteiger partial charge in [0.15, 0.2) is 5.65 Å². The molecule has 0 saturated carbocycles. The molecule has 66 valence electrons. The fourth-order valence-electron chi connectivity index (χ4n) is 1.03. The summed E-state index contributed by atoms with van der Waals surface area (Å²) in [6.45, 7) is 0. The Labute approximate surface area is 72.8 Å². The molecule has 0 aliphatic heterocycles. The van der Waals surface area contributed by atoms with Crippen molar-refractivity contribution in [3.8, 4) is 0 Å². The highest BCUT2D eigenvalue weighted by atomic mass is 16.4. The third kappa shape index (κ3) is 1.28. The first-order valence-electron chi connectivity index (χ1n) is 3.55. The number of anilines is 1. The van der Waals surface area contributed by atoms with Gasteiger partial charge in [-0.2, -0.15) is 5.10 Å². The number of nitrogens with one attached hydrogen (secondary N) is 1. The van der Waals surface area contributed by atoms with Crippen LogP contribution in [0.25, 0.3) is 5.65 Å². The van der Waals surface area contributed by atoms with Gasteiger partial charge in [0.1, 0.15) is 5.69 Å². The van der Waals surface area contributed by atoms with Gasteiger partial charge in [0, 0.05) is 12.4 Å². The second-order valence-corrected chi connectivity index (χ2v) is 2.38. The standard InChI is InChI=1S/C7H6N4O2/c12-7(13)10-5-4-9-11-3-1-2-8-6(5)11/h1-4,10H,(H,12,13). The summed E-state index contributed by atoms with van der Waals surface area (Å²) in [7, 11) is 0. The SMILES string of the molecule is O=C(O)Nc1cnn2cccnc12. The van der Waals surface area contributed by atoms with Crippen molar-refractivity contribution in [2.75, 3.05) is 5.32 Å². The van der Waals surface area contributed by atoms with Gasteiger partial charge in [0.05, 0.1) is 6.20 Å². The maximum absolute atomic E-state index is 10.3. The van der Waals surface area contributed by atoms with E-state index < -0.39 is 6.09 Å². The molecule has 2 heterocycles. The first-order chi connectivity index (χ1) is 6.27. The minimum atomic E-state index is -1.12. The van der Waals surface area contributed by atoms with Crippen molar-refractivity contribution in [2.45, 2.75) is 0 Å². The fourth-order valence-corrected chi connectivity index (χ4v) is 1.03. The summed E-state index contributed by atoms with van der Waals surface area (Å²) in [5.74, 6) is 0. The molecule has 1 amide bonds. The third-order valence-electron chi connectivity index (χ3n) is 1.52. The van der Waals surface area contributed by atoms with E-state index in [-0.39, 0.29) is 0 Å². The average Bonchev–Trinajstić information content (AvgIpc) is 2.48. The maximum atomic E-state index is 10.3. The predicted octanol–water partition coefficient (Wildman–Crippen LogP) is 0.819. The summed E-state index contributed by atoms with van der Waals surface area (Å²) < 4.78 is 1.49. The molecule has 0 atom stereocenters. The largest absolute Gasteiger partial charge is 0.465 e. The van der Waals surface area contributed by atoms with Crippen molar-refractivity contribution in [3.05, 3.63) is 24.7 Å². The van der Waals surface area contributed by atoms with Gasteiger partial charge >= 0.3 is 6.09 Å². The number of hydrogen-bond donors (Lipinski definition) is 2. The zero-order valence-electron chi connectivity index (χ0n) is 6.51. The average molecular weight is 178 g/mol. The van der Waals surface area contributed by atoms with Crippen LogP contribution in [-0.2, 0) is 0 Å². The Morgan fingerprint density at radius 3 is 3.23 bits per heavy atom. The van der Waals surface area contributed by atoms with Crippen LogP contribution in [-0.4, -0.2) is 25.8 Å². The molecule has 0 fully saturated rings. The molecule has 0 unspecified atom stereocenters. The molecule has 0 aromatic carbocycles. The smallest absolute Gasteiger partial charge is 0.409 e. The van der Waals surface area contributed by atoms with Crippen LogP contribution in [0, 0.1) is 0 Å². The van der Waals surface area contributed by atoms with E-state index in [4.69, 9.17) is 5.11 Å². The van der Waals surface area contributed by atoms with Gasteiger partial charge in [-0.15, -0.1) is 0 Å². The number of carboxylic acid groups (broad SMARTS) is 1. The summed E-state index contributed by atoms with van der Waals surface area (Å²) in [5, 5.41) is 14.6. The molecule has 0 aliphatic carbocycles.